The Bertz CT molecular complexity index is 470. The fraction of sp³-hybridized carbons (Fsp3) is 0.500. The molecule has 1 rings (SSSR count). The Hall–Kier alpha value is -1.23. The number of carbonyl (C=O) groups is 1. The van der Waals surface area contributed by atoms with E-state index in [2.05, 4.69) is 4.98 Å². The molecule has 18 heavy (non-hydrogen) atoms. The van der Waals surface area contributed by atoms with E-state index in [-0.39, 0.29) is 17.2 Å². The number of aromatic carboxylic acids is 1. The van der Waals surface area contributed by atoms with Crippen LogP contribution in [0.2, 0.25) is 0 Å². The van der Waals surface area contributed by atoms with Crippen LogP contribution in [0.5, 0.6) is 0 Å². The highest BCUT2D eigenvalue weighted by atomic mass is 35.5. The first kappa shape index (κ1) is 14.8. The van der Waals surface area contributed by atoms with Gasteiger partial charge in [-0.05, 0) is 35.6 Å². The van der Waals surface area contributed by atoms with Gasteiger partial charge in [-0.2, -0.15) is 8.78 Å². The topological polar surface area (TPSA) is 50.2 Å². The molecule has 100 valence electrons. The van der Waals surface area contributed by atoms with Crippen molar-refractivity contribution in [2.45, 2.75) is 38.5 Å². The maximum Gasteiger partial charge on any atom is 0.364 e. The van der Waals surface area contributed by atoms with Gasteiger partial charge < -0.3 is 5.11 Å². The van der Waals surface area contributed by atoms with Crippen LogP contribution in [0.25, 0.3) is 0 Å². The number of carboxylic acids is 1. The normalized spacial score (nSPS) is 11.9. The van der Waals surface area contributed by atoms with Crippen molar-refractivity contribution in [1.29, 1.82) is 0 Å². The second-order valence-electron chi connectivity index (χ2n) is 4.24. The highest BCUT2D eigenvalue weighted by Gasteiger charge is 2.32. The second-order valence-corrected chi connectivity index (χ2v) is 4.71. The van der Waals surface area contributed by atoms with Crippen LogP contribution in [0.1, 0.15) is 54.0 Å². The number of hydrogen-bond donors (Lipinski definition) is 1. The van der Waals surface area contributed by atoms with E-state index in [1.165, 1.54) is 0 Å². The van der Waals surface area contributed by atoms with Crippen molar-refractivity contribution in [1.82, 2.24) is 4.98 Å². The molecule has 0 atom stereocenters. The maximum absolute atomic E-state index is 13.1. The molecule has 0 saturated carbocycles. The Morgan fingerprint density at radius 2 is 2.11 bits per heavy atom. The lowest BCUT2D eigenvalue weighted by Crippen LogP contribution is -2.16. The van der Waals surface area contributed by atoms with Gasteiger partial charge in [-0.1, -0.05) is 20.8 Å². The van der Waals surface area contributed by atoms with Crippen molar-refractivity contribution in [3.63, 3.8) is 0 Å². The summed E-state index contributed by atoms with van der Waals surface area (Å²) in [4.78, 5) is 14.9. The molecule has 1 aromatic rings. The van der Waals surface area contributed by atoms with Gasteiger partial charge in [0.2, 0.25) is 0 Å². The van der Waals surface area contributed by atoms with Crippen molar-refractivity contribution in [2.75, 3.05) is 0 Å². The van der Waals surface area contributed by atoms with E-state index in [9.17, 15) is 13.6 Å². The molecule has 0 saturated heterocycles. The Labute approximate surface area is 109 Å². The van der Waals surface area contributed by atoms with Gasteiger partial charge in [0.25, 0.3) is 0 Å². The summed E-state index contributed by atoms with van der Waals surface area (Å²) >= 11 is 4.95. The van der Waals surface area contributed by atoms with Gasteiger partial charge in [-0.15, -0.1) is 0 Å². The van der Waals surface area contributed by atoms with E-state index in [1.807, 2.05) is 0 Å². The van der Waals surface area contributed by atoms with Crippen molar-refractivity contribution >= 4 is 17.6 Å². The summed E-state index contributed by atoms with van der Waals surface area (Å²) in [5.74, 6) is -1.44. The third kappa shape index (κ3) is 2.96. The molecule has 0 fully saturated rings. The fourth-order valence-corrected chi connectivity index (χ4v) is 1.81. The molecule has 1 heterocycles. The molecular formula is C12H14ClF2NO2. The molecule has 0 aliphatic carbocycles. The summed E-state index contributed by atoms with van der Waals surface area (Å²) in [6, 6.07) is 1.06. The monoisotopic (exact) mass is 277 g/mol. The Morgan fingerprint density at radius 3 is 2.44 bits per heavy atom. The standard InChI is InChI=1S/C12H14ClF2NO2/c1-4-7-5-8(12(13,14)15)16-10(6(2)3)9(7)11(17)18/h5-6H,4H2,1-3H3,(H,17,18). The number of aromatic nitrogens is 1. The van der Waals surface area contributed by atoms with E-state index in [1.54, 1.807) is 20.8 Å². The van der Waals surface area contributed by atoms with Crippen LogP contribution in [-0.2, 0) is 11.8 Å². The zero-order valence-corrected chi connectivity index (χ0v) is 11.1. The average molecular weight is 278 g/mol. The fourth-order valence-electron chi connectivity index (χ4n) is 1.71. The molecule has 3 nitrogen and oxygen atoms in total. The van der Waals surface area contributed by atoms with Gasteiger partial charge >= 0.3 is 11.4 Å². The van der Waals surface area contributed by atoms with Crippen molar-refractivity contribution in [2.24, 2.45) is 0 Å². The number of hydrogen-bond acceptors (Lipinski definition) is 2. The molecule has 0 aliphatic heterocycles. The van der Waals surface area contributed by atoms with Crippen molar-refractivity contribution in [3.05, 3.63) is 28.6 Å². The molecule has 6 heteroatoms. The first-order chi connectivity index (χ1) is 8.18. The molecular weight excluding hydrogens is 264 g/mol. The quantitative estimate of drug-likeness (QED) is 0.853. The number of carboxylic acid groups (broad SMARTS) is 1. The molecule has 0 spiro atoms. The summed E-state index contributed by atoms with van der Waals surface area (Å²) in [7, 11) is 0. The number of aryl methyl sites for hydroxylation is 1. The number of halogens is 3. The molecule has 0 bridgehead atoms. The molecule has 0 aromatic carbocycles. The predicted octanol–water partition coefficient (Wildman–Crippen LogP) is 3.75. The van der Waals surface area contributed by atoms with E-state index < -0.39 is 17.0 Å². The Kier molecular flexibility index (Phi) is 4.27. The minimum atomic E-state index is -3.59. The highest BCUT2D eigenvalue weighted by Crippen LogP contribution is 2.34. The number of alkyl halides is 3. The van der Waals surface area contributed by atoms with Crippen LogP contribution < -0.4 is 0 Å². The van der Waals surface area contributed by atoms with Crippen LogP contribution in [-0.4, -0.2) is 16.1 Å². The van der Waals surface area contributed by atoms with E-state index in [0.29, 0.717) is 12.0 Å². The van der Waals surface area contributed by atoms with Crippen molar-refractivity contribution in [3.8, 4) is 0 Å². The van der Waals surface area contributed by atoms with Gasteiger partial charge in [0, 0.05) is 0 Å². The summed E-state index contributed by atoms with van der Waals surface area (Å²) in [5, 5.41) is 5.57. The summed E-state index contributed by atoms with van der Waals surface area (Å²) in [6.07, 6.45) is 0.323. The van der Waals surface area contributed by atoms with E-state index in [0.717, 1.165) is 6.07 Å². The molecule has 0 radical (unpaired) electrons. The third-order valence-electron chi connectivity index (χ3n) is 2.56. The first-order valence-corrected chi connectivity index (χ1v) is 5.90. The van der Waals surface area contributed by atoms with Crippen molar-refractivity contribution < 1.29 is 18.7 Å². The summed E-state index contributed by atoms with van der Waals surface area (Å²) in [6.45, 7) is 5.09. The SMILES string of the molecule is CCc1cc(C(F)(F)Cl)nc(C(C)C)c1C(=O)O. The van der Waals surface area contributed by atoms with Crippen LogP contribution in [0, 0.1) is 0 Å². The molecule has 1 aromatic heterocycles. The zero-order chi connectivity index (χ0) is 14.1. The van der Waals surface area contributed by atoms with Gasteiger partial charge in [0.15, 0.2) is 0 Å². The molecule has 0 unspecified atom stereocenters. The smallest absolute Gasteiger partial charge is 0.364 e. The largest absolute Gasteiger partial charge is 0.478 e. The number of nitrogens with zero attached hydrogens (tertiary/aromatic N) is 1. The van der Waals surface area contributed by atoms with Crippen LogP contribution in [0.15, 0.2) is 6.07 Å². The van der Waals surface area contributed by atoms with Crippen LogP contribution in [0.3, 0.4) is 0 Å². The summed E-state index contributed by atoms with van der Waals surface area (Å²) < 4.78 is 26.2. The second kappa shape index (κ2) is 5.18. The Morgan fingerprint density at radius 1 is 1.56 bits per heavy atom. The van der Waals surface area contributed by atoms with Gasteiger partial charge in [0.05, 0.1) is 11.3 Å². The molecule has 1 N–H and O–H groups in total. The summed E-state index contributed by atoms with van der Waals surface area (Å²) in [5.41, 5.74) is -0.152. The molecule has 0 aliphatic rings. The maximum atomic E-state index is 13.1. The van der Waals surface area contributed by atoms with Crippen LogP contribution in [0.4, 0.5) is 8.78 Å². The lowest BCUT2D eigenvalue weighted by atomic mass is 9.96. The Balaban J connectivity index is 3.59. The third-order valence-corrected chi connectivity index (χ3v) is 2.75. The van der Waals surface area contributed by atoms with E-state index >= 15 is 0 Å². The van der Waals surface area contributed by atoms with Gasteiger partial charge in [-0.25, -0.2) is 9.78 Å². The first-order valence-electron chi connectivity index (χ1n) is 5.52. The van der Waals surface area contributed by atoms with Gasteiger partial charge in [0.1, 0.15) is 5.69 Å². The van der Waals surface area contributed by atoms with Gasteiger partial charge in [-0.3, -0.25) is 0 Å². The zero-order valence-electron chi connectivity index (χ0n) is 10.3. The predicted molar refractivity (Wildman–Crippen MR) is 64.4 cm³/mol. The number of rotatable bonds is 4. The number of pyridine rings is 1. The molecule has 0 amide bonds. The average Bonchev–Trinajstić information content (AvgIpc) is 2.25. The lowest BCUT2D eigenvalue weighted by molar-refractivity contribution is 0.0689. The minimum Gasteiger partial charge on any atom is -0.478 e. The van der Waals surface area contributed by atoms with E-state index in [4.69, 9.17) is 16.7 Å². The highest BCUT2D eigenvalue weighted by molar-refractivity contribution is 6.21. The van der Waals surface area contributed by atoms with Crippen LogP contribution >= 0.6 is 11.6 Å². The minimum absolute atomic E-state index is 0.00262. The lowest BCUT2D eigenvalue weighted by Gasteiger charge is -2.16.